The predicted molar refractivity (Wildman–Crippen MR) is 86.0 cm³/mol. The van der Waals surface area contributed by atoms with E-state index in [1.165, 1.54) is 38.7 Å². The molecule has 1 aromatic carbocycles. The van der Waals surface area contributed by atoms with Gasteiger partial charge in [0, 0.05) is 19.6 Å². The van der Waals surface area contributed by atoms with Crippen LogP contribution in [0.2, 0.25) is 0 Å². The number of aryl methyl sites for hydroxylation is 1. The Balaban J connectivity index is 1.62. The summed E-state index contributed by atoms with van der Waals surface area (Å²) < 4.78 is 13.2. The number of halogens is 1. The number of hydrogen-bond acceptors (Lipinski definition) is 3. The molecule has 118 valence electrons. The Labute approximate surface area is 128 Å². The summed E-state index contributed by atoms with van der Waals surface area (Å²) in [6.45, 7) is 9.72. The minimum atomic E-state index is -0.147. The minimum absolute atomic E-state index is 0.147. The maximum atomic E-state index is 13.2. The number of rotatable bonds is 6. The Bertz CT molecular complexity index is 436. The lowest BCUT2D eigenvalue weighted by atomic mass is 10.1. The van der Waals surface area contributed by atoms with Gasteiger partial charge < -0.3 is 15.1 Å². The molecular formula is C17H28FN3. The molecule has 1 heterocycles. The van der Waals surface area contributed by atoms with Crippen LogP contribution in [0, 0.1) is 12.7 Å². The summed E-state index contributed by atoms with van der Waals surface area (Å²) in [5.41, 5.74) is 2.21. The fourth-order valence-corrected chi connectivity index (χ4v) is 2.80. The van der Waals surface area contributed by atoms with Crippen LogP contribution in [0.1, 0.15) is 24.0 Å². The van der Waals surface area contributed by atoms with Crippen LogP contribution in [0.15, 0.2) is 18.2 Å². The van der Waals surface area contributed by atoms with Crippen molar-refractivity contribution in [2.75, 3.05) is 46.3 Å². The quantitative estimate of drug-likeness (QED) is 0.812. The molecule has 0 spiro atoms. The van der Waals surface area contributed by atoms with Crippen LogP contribution in [0.25, 0.3) is 0 Å². The first-order valence-electron chi connectivity index (χ1n) is 8.02. The normalized spacial score (nSPS) is 17.9. The molecule has 0 aromatic heterocycles. The first kappa shape index (κ1) is 16.4. The molecule has 2 rings (SSSR count). The lowest BCUT2D eigenvalue weighted by molar-refractivity contribution is 0.272. The minimum Gasteiger partial charge on any atom is -0.313 e. The molecule has 0 saturated carbocycles. The molecule has 1 N–H and O–H groups in total. The van der Waals surface area contributed by atoms with Gasteiger partial charge in [0.1, 0.15) is 5.82 Å². The Kier molecular flexibility index (Phi) is 6.61. The van der Waals surface area contributed by atoms with E-state index in [4.69, 9.17) is 0 Å². The zero-order valence-corrected chi connectivity index (χ0v) is 13.4. The van der Waals surface area contributed by atoms with Gasteiger partial charge in [-0.15, -0.1) is 0 Å². The van der Waals surface area contributed by atoms with Gasteiger partial charge in [0.05, 0.1) is 0 Å². The van der Waals surface area contributed by atoms with Gasteiger partial charge in [-0.1, -0.05) is 6.07 Å². The summed E-state index contributed by atoms with van der Waals surface area (Å²) in [5.74, 6) is -0.147. The number of benzene rings is 1. The van der Waals surface area contributed by atoms with Crippen molar-refractivity contribution in [2.24, 2.45) is 0 Å². The molecule has 1 aromatic rings. The van der Waals surface area contributed by atoms with E-state index in [0.29, 0.717) is 0 Å². The average molecular weight is 293 g/mol. The van der Waals surface area contributed by atoms with E-state index in [1.54, 1.807) is 6.07 Å². The first-order valence-corrected chi connectivity index (χ1v) is 8.02. The molecule has 1 saturated heterocycles. The largest absolute Gasteiger partial charge is 0.313 e. The molecule has 0 amide bonds. The van der Waals surface area contributed by atoms with E-state index in [9.17, 15) is 4.39 Å². The van der Waals surface area contributed by atoms with Gasteiger partial charge in [0.25, 0.3) is 0 Å². The SMILES string of the molecule is Cc1ccc(F)cc1CNCCCN1CCCN(C)CC1. The predicted octanol–water partition coefficient (Wildman–Crippen LogP) is 2.25. The van der Waals surface area contributed by atoms with E-state index in [-0.39, 0.29) is 5.82 Å². The van der Waals surface area contributed by atoms with Crippen LogP contribution in [0.3, 0.4) is 0 Å². The second-order valence-corrected chi connectivity index (χ2v) is 6.10. The van der Waals surface area contributed by atoms with Gasteiger partial charge in [-0.3, -0.25) is 0 Å². The van der Waals surface area contributed by atoms with Gasteiger partial charge in [0.15, 0.2) is 0 Å². The standard InChI is InChI=1S/C17H28FN3/c1-15-5-6-17(18)13-16(15)14-19-7-3-9-21-10-4-8-20(2)11-12-21/h5-6,13,19H,3-4,7-12,14H2,1-2H3. The fraction of sp³-hybridized carbons (Fsp3) is 0.647. The third-order valence-corrected chi connectivity index (χ3v) is 4.27. The summed E-state index contributed by atoms with van der Waals surface area (Å²) in [6, 6.07) is 5.00. The molecule has 0 atom stereocenters. The Morgan fingerprint density at radius 2 is 2.05 bits per heavy atom. The number of nitrogens with one attached hydrogen (secondary N) is 1. The van der Waals surface area contributed by atoms with Gasteiger partial charge >= 0.3 is 0 Å². The number of likely N-dealkylation sites (N-methyl/N-ethyl adjacent to an activating group) is 1. The second-order valence-electron chi connectivity index (χ2n) is 6.10. The molecule has 3 nitrogen and oxygen atoms in total. The molecule has 1 aliphatic rings. The van der Waals surface area contributed by atoms with Gasteiger partial charge in [0.2, 0.25) is 0 Å². The highest BCUT2D eigenvalue weighted by atomic mass is 19.1. The average Bonchev–Trinajstić information content (AvgIpc) is 2.67. The maximum absolute atomic E-state index is 13.2. The summed E-state index contributed by atoms with van der Waals surface area (Å²) in [5, 5.41) is 3.43. The molecule has 1 fully saturated rings. The number of nitrogens with zero attached hydrogens (tertiary/aromatic N) is 2. The smallest absolute Gasteiger partial charge is 0.123 e. The summed E-state index contributed by atoms with van der Waals surface area (Å²) in [6.07, 6.45) is 2.42. The van der Waals surface area contributed by atoms with Crippen molar-refractivity contribution in [1.82, 2.24) is 15.1 Å². The Morgan fingerprint density at radius 1 is 1.19 bits per heavy atom. The first-order chi connectivity index (χ1) is 10.1. The molecule has 0 radical (unpaired) electrons. The lowest BCUT2D eigenvalue weighted by Crippen LogP contribution is -2.31. The fourth-order valence-electron chi connectivity index (χ4n) is 2.80. The van der Waals surface area contributed by atoms with Crippen molar-refractivity contribution >= 4 is 0 Å². The molecule has 21 heavy (non-hydrogen) atoms. The highest BCUT2D eigenvalue weighted by Gasteiger charge is 2.11. The monoisotopic (exact) mass is 293 g/mol. The van der Waals surface area contributed by atoms with Crippen LogP contribution >= 0.6 is 0 Å². The van der Waals surface area contributed by atoms with Crippen molar-refractivity contribution in [1.29, 1.82) is 0 Å². The Hall–Kier alpha value is -0.970. The van der Waals surface area contributed by atoms with Gasteiger partial charge in [-0.05, 0) is 76.3 Å². The Morgan fingerprint density at radius 3 is 2.90 bits per heavy atom. The topological polar surface area (TPSA) is 18.5 Å². The highest BCUT2D eigenvalue weighted by Crippen LogP contribution is 2.09. The highest BCUT2D eigenvalue weighted by molar-refractivity contribution is 5.26. The van der Waals surface area contributed by atoms with Crippen molar-refractivity contribution in [3.8, 4) is 0 Å². The van der Waals surface area contributed by atoms with E-state index in [0.717, 1.165) is 37.2 Å². The maximum Gasteiger partial charge on any atom is 0.123 e. The van der Waals surface area contributed by atoms with Crippen molar-refractivity contribution in [3.05, 3.63) is 35.1 Å². The zero-order valence-electron chi connectivity index (χ0n) is 13.4. The van der Waals surface area contributed by atoms with Crippen molar-refractivity contribution in [3.63, 3.8) is 0 Å². The van der Waals surface area contributed by atoms with Crippen LogP contribution < -0.4 is 5.32 Å². The molecular weight excluding hydrogens is 265 g/mol. The summed E-state index contributed by atoms with van der Waals surface area (Å²) in [7, 11) is 2.20. The van der Waals surface area contributed by atoms with Gasteiger partial charge in [-0.25, -0.2) is 4.39 Å². The van der Waals surface area contributed by atoms with Crippen molar-refractivity contribution < 1.29 is 4.39 Å². The lowest BCUT2D eigenvalue weighted by Gasteiger charge is -2.20. The molecule has 1 aliphatic heterocycles. The van der Waals surface area contributed by atoms with Crippen molar-refractivity contribution in [2.45, 2.75) is 26.3 Å². The van der Waals surface area contributed by atoms with Crippen LogP contribution in [-0.4, -0.2) is 56.1 Å². The molecule has 0 aliphatic carbocycles. The van der Waals surface area contributed by atoms with Crippen LogP contribution in [0.5, 0.6) is 0 Å². The summed E-state index contributed by atoms with van der Waals surface area (Å²) in [4.78, 5) is 4.96. The van der Waals surface area contributed by atoms with E-state index >= 15 is 0 Å². The van der Waals surface area contributed by atoms with Crippen LogP contribution in [-0.2, 0) is 6.54 Å². The van der Waals surface area contributed by atoms with Gasteiger partial charge in [-0.2, -0.15) is 0 Å². The van der Waals surface area contributed by atoms with E-state index in [2.05, 4.69) is 22.2 Å². The van der Waals surface area contributed by atoms with Crippen LogP contribution in [0.4, 0.5) is 4.39 Å². The zero-order chi connectivity index (χ0) is 15.1. The molecule has 0 bridgehead atoms. The van der Waals surface area contributed by atoms with E-state index in [1.807, 2.05) is 13.0 Å². The second kappa shape index (κ2) is 8.47. The van der Waals surface area contributed by atoms with E-state index < -0.39 is 0 Å². The third-order valence-electron chi connectivity index (χ3n) is 4.27. The third kappa shape index (κ3) is 5.73. The molecule has 0 unspecified atom stereocenters. The number of hydrogen-bond donors (Lipinski definition) is 1. The summed E-state index contributed by atoms with van der Waals surface area (Å²) >= 11 is 0. The molecule has 4 heteroatoms.